The molecule has 0 fully saturated rings. The molecule has 0 amide bonds. The van der Waals surface area contributed by atoms with Crippen molar-refractivity contribution in [3.63, 3.8) is 0 Å². The predicted octanol–water partition coefficient (Wildman–Crippen LogP) is -1.23. The van der Waals surface area contributed by atoms with Gasteiger partial charge in [0.2, 0.25) is 0 Å². The topological polar surface area (TPSA) is 96.0 Å². The van der Waals surface area contributed by atoms with Gasteiger partial charge in [-0.05, 0) is 24.3 Å². The normalized spacial score (nSPS) is 11.3. The van der Waals surface area contributed by atoms with E-state index >= 15 is 0 Å². The smallest absolute Gasteiger partial charge is 1.00 e. The van der Waals surface area contributed by atoms with Crippen molar-refractivity contribution >= 4 is 20.8 Å². The van der Waals surface area contributed by atoms with Crippen LogP contribution in [0.1, 0.15) is 1.43 Å². The molecule has 10 heteroatoms. The van der Waals surface area contributed by atoms with Gasteiger partial charge in [0.25, 0.3) is 0 Å². The second-order valence-electron chi connectivity index (χ2n) is 3.68. The van der Waals surface area contributed by atoms with Crippen LogP contribution in [-0.2, 0) is 24.4 Å². The van der Waals surface area contributed by atoms with E-state index in [2.05, 4.69) is 12.0 Å². The molecule has 0 bridgehead atoms. The summed E-state index contributed by atoms with van der Waals surface area (Å²) in [5, 5.41) is 0. The van der Waals surface area contributed by atoms with E-state index in [-0.39, 0.29) is 64.3 Å². The zero-order valence-corrected chi connectivity index (χ0v) is 16.2. The Morgan fingerprint density at radius 3 is 1.27 bits per heavy atom. The van der Waals surface area contributed by atoms with Crippen LogP contribution in [0.2, 0.25) is 0 Å². The minimum absolute atomic E-state index is 0. The van der Waals surface area contributed by atoms with Gasteiger partial charge >= 0.3 is 72.2 Å². The zero-order chi connectivity index (χ0) is 15.3. The first-order chi connectivity index (χ1) is 9.86. The molecule has 0 heterocycles. The van der Waals surface area contributed by atoms with Crippen molar-refractivity contribution in [1.82, 2.24) is 0 Å². The van der Waals surface area contributed by atoms with E-state index in [4.69, 9.17) is 0 Å². The third kappa shape index (κ3) is 6.75. The summed E-state index contributed by atoms with van der Waals surface area (Å²) in [7, 11) is -9.65. The van der Waals surface area contributed by atoms with Crippen LogP contribution in [0.25, 0.3) is 0 Å². The summed E-state index contributed by atoms with van der Waals surface area (Å²) in [6.07, 6.45) is 0. The molecule has 0 aliphatic rings. The summed E-state index contributed by atoms with van der Waals surface area (Å²) in [5.41, 5.74) is 0. The predicted molar refractivity (Wildman–Crippen MR) is 74.2 cm³/mol. The molecule has 0 aliphatic heterocycles. The number of para-hydroxylation sites is 2. The quantitative estimate of drug-likeness (QED) is 0.587. The third-order valence-electron chi connectivity index (χ3n) is 2.05. The summed E-state index contributed by atoms with van der Waals surface area (Å²) < 4.78 is 58.9. The van der Waals surface area contributed by atoms with Crippen molar-refractivity contribution in [2.45, 2.75) is 0 Å². The Bertz CT molecular complexity index is 726. The Balaban J connectivity index is 0.00000242. The van der Waals surface area contributed by atoms with Gasteiger partial charge in [-0.1, -0.05) is 40.0 Å². The molecule has 2 aromatic rings. The maximum absolute atomic E-state index is 11.5. The maximum atomic E-state index is 11.5. The largest absolute Gasteiger partial charge is 1.00 e. The molecular formula is C12H11KO7S2. The molecule has 7 nitrogen and oxygen atoms in total. The van der Waals surface area contributed by atoms with Crippen molar-refractivity contribution in [1.29, 1.82) is 0 Å². The first-order valence-electron chi connectivity index (χ1n) is 5.56. The summed E-state index contributed by atoms with van der Waals surface area (Å²) in [4.78, 5) is 0. The van der Waals surface area contributed by atoms with Crippen molar-refractivity contribution < 1.29 is 81.6 Å². The molecule has 0 unspecified atom stereocenters. The Morgan fingerprint density at radius 2 is 0.955 bits per heavy atom. The van der Waals surface area contributed by atoms with Crippen molar-refractivity contribution in [3.8, 4) is 11.5 Å². The van der Waals surface area contributed by atoms with Gasteiger partial charge in [0.15, 0.2) is 0 Å². The van der Waals surface area contributed by atoms with Crippen molar-refractivity contribution in [3.05, 3.63) is 60.7 Å². The standard InChI is InChI=1S/C12H10O7S2.K.H/c13-20(14,17-11-7-3-1-4-8-11)19-21(15,16)18-12-9-5-2-6-10-12;;/h1-10H;;/q;+1;-1. The van der Waals surface area contributed by atoms with Crippen LogP contribution in [0, 0.1) is 0 Å². The maximum Gasteiger partial charge on any atom is 1.00 e. The van der Waals surface area contributed by atoms with E-state index in [1.807, 2.05) is 0 Å². The Hall–Kier alpha value is -0.464. The van der Waals surface area contributed by atoms with Gasteiger partial charge in [0.05, 0.1) is 0 Å². The third-order valence-corrected chi connectivity index (χ3v) is 4.18. The minimum atomic E-state index is -4.83. The zero-order valence-electron chi connectivity index (χ0n) is 12.4. The molecule has 22 heavy (non-hydrogen) atoms. The fourth-order valence-electron chi connectivity index (χ4n) is 1.32. The molecule has 0 N–H and O–H groups in total. The molecule has 0 radical (unpaired) electrons. The Labute approximate surface area is 172 Å². The van der Waals surface area contributed by atoms with E-state index in [1.54, 1.807) is 12.1 Å². The van der Waals surface area contributed by atoms with E-state index in [0.717, 1.165) is 0 Å². The van der Waals surface area contributed by atoms with Crippen LogP contribution in [0.15, 0.2) is 60.7 Å². The summed E-state index contributed by atoms with van der Waals surface area (Å²) >= 11 is 0. The van der Waals surface area contributed by atoms with Gasteiger partial charge in [0.1, 0.15) is 11.5 Å². The van der Waals surface area contributed by atoms with Crippen molar-refractivity contribution in [2.24, 2.45) is 0 Å². The number of benzene rings is 2. The molecular weight excluding hydrogens is 359 g/mol. The number of hydrogen-bond acceptors (Lipinski definition) is 7. The Morgan fingerprint density at radius 1 is 0.636 bits per heavy atom. The van der Waals surface area contributed by atoms with Gasteiger partial charge < -0.3 is 9.79 Å². The van der Waals surface area contributed by atoms with Crippen LogP contribution in [0.3, 0.4) is 0 Å². The summed E-state index contributed by atoms with van der Waals surface area (Å²) in [5.74, 6) is -0.181. The van der Waals surface area contributed by atoms with Gasteiger partial charge in [-0.2, -0.15) is 16.8 Å². The van der Waals surface area contributed by atoms with Gasteiger partial charge in [0, 0.05) is 0 Å². The minimum Gasteiger partial charge on any atom is -1.00 e. The van der Waals surface area contributed by atoms with Gasteiger partial charge in [-0.3, -0.25) is 0 Å². The molecule has 0 saturated heterocycles. The van der Waals surface area contributed by atoms with Crippen LogP contribution >= 0.6 is 0 Å². The Kier molecular flexibility index (Phi) is 7.48. The van der Waals surface area contributed by atoms with Gasteiger partial charge in [-0.15, -0.1) is 0 Å². The number of rotatable bonds is 6. The van der Waals surface area contributed by atoms with Crippen LogP contribution in [0.5, 0.6) is 11.5 Å². The SMILES string of the molecule is O=S(=O)(Oc1ccccc1)OS(=O)(=O)Oc1ccccc1.[H-].[K+]. The second-order valence-corrected chi connectivity index (χ2v) is 6.19. The van der Waals surface area contributed by atoms with E-state index in [1.165, 1.54) is 48.5 Å². The monoisotopic (exact) mass is 370 g/mol. The van der Waals surface area contributed by atoms with Crippen molar-refractivity contribution in [2.75, 3.05) is 0 Å². The molecule has 0 atom stereocenters. The molecule has 0 saturated carbocycles. The van der Waals surface area contributed by atoms with E-state index < -0.39 is 20.8 Å². The summed E-state index contributed by atoms with van der Waals surface area (Å²) in [6, 6.07) is 14.6. The van der Waals surface area contributed by atoms with Crippen LogP contribution < -0.4 is 59.8 Å². The molecule has 0 aliphatic carbocycles. The second kappa shape index (κ2) is 8.41. The van der Waals surface area contributed by atoms with Crippen LogP contribution in [0.4, 0.5) is 0 Å². The average molecular weight is 370 g/mol. The number of hydrogen-bond donors (Lipinski definition) is 0. The van der Waals surface area contributed by atoms with Gasteiger partial charge in [-0.25, -0.2) is 0 Å². The van der Waals surface area contributed by atoms with Crippen LogP contribution in [-0.4, -0.2) is 16.8 Å². The molecule has 0 aromatic heterocycles. The molecule has 114 valence electrons. The average Bonchev–Trinajstić information content (AvgIpc) is 2.38. The van der Waals surface area contributed by atoms with E-state index in [0.29, 0.717) is 0 Å². The first kappa shape index (κ1) is 19.6. The molecule has 2 rings (SSSR count). The fourth-order valence-corrected chi connectivity index (χ4v) is 3.05. The van der Waals surface area contributed by atoms with E-state index in [9.17, 15) is 16.8 Å². The first-order valence-corrected chi connectivity index (χ1v) is 8.23. The fraction of sp³-hybridized carbons (Fsp3) is 0. The molecule has 2 aromatic carbocycles. The molecule has 0 spiro atoms. The summed E-state index contributed by atoms with van der Waals surface area (Å²) in [6.45, 7) is 0.